The van der Waals surface area contributed by atoms with Crippen molar-refractivity contribution < 1.29 is 18.0 Å². The fraction of sp³-hybridized carbons (Fsp3) is 0.310. The van der Waals surface area contributed by atoms with Crippen LogP contribution in [0.5, 0.6) is 0 Å². The van der Waals surface area contributed by atoms with Crippen LogP contribution in [0.15, 0.2) is 95.9 Å². The molecule has 3 aromatic carbocycles. The van der Waals surface area contributed by atoms with Gasteiger partial charge in [0.2, 0.25) is 11.8 Å². The fourth-order valence-electron chi connectivity index (χ4n) is 3.89. The summed E-state index contributed by atoms with van der Waals surface area (Å²) in [4.78, 5) is 28.4. The Morgan fingerprint density at radius 2 is 1.35 bits per heavy atom. The molecule has 7 nitrogen and oxygen atoms in total. The molecule has 3 rings (SSSR count). The number of carbonyl (C=O) groups is 2. The van der Waals surface area contributed by atoms with Gasteiger partial charge in [-0.1, -0.05) is 66.7 Å². The molecule has 0 heterocycles. The molecule has 0 aromatic heterocycles. The van der Waals surface area contributed by atoms with E-state index in [1.165, 1.54) is 17.0 Å². The number of hydrogen-bond donors (Lipinski definition) is 1. The van der Waals surface area contributed by atoms with Crippen LogP contribution in [0.4, 0.5) is 5.69 Å². The van der Waals surface area contributed by atoms with Crippen LogP contribution in [0.1, 0.15) is 33.3 Å². The van der Waals surface area contributed by atoms with Crippen LogP contribution in [-0.4, -0.2) is 49.8 Å². The largest absolute Gasteiger partial charge is 0.350 e. The van der Waals surface area contributed by atoms with Crippen LogP contribution in [0.2, 0.25) is 0 Å². The number of nitrogens with zero attached hydrogens (tertiary/aromatic N) is 2. The highest BCUT2D eigenvalue weighted by molar-refractivity contribution is 7.92. The number of rotatable bonds is 10. The van der Waals surface area contributed by atoms with Gasteiger partial charge < -0.3 is 10.2 Å². The molecule has 8 heteroatoms. The van der Waals surface area contributed by atoms with Gasteiger partial charge in [0, 0.05) is 12.1 Å². The van der Waals surface area contributed by atoms with Crippen molar-refractivity contribution in [2.24, 2.45) is 0 Å². The van der Waals surface area contributed by atoms with E-state index in [1.54, 1.807) is 55.5 Å². The van der Waals surface area contributed by atoms with E-state index >= 15 is 0 Å². The second-order valence-electron chi connectivity index (χ2n) is 9.90. The molecule has 0 saturated heterocycles. The molecule has 0 aliphatic carbocycles. The van der Waals surface area contributed by atoms with Crippen LogP contribution < -0.4 is 9.62 Å². The summed E-state index contributed by atoms with van der Waals surface area (Å²) in [6.07, 6.45) is 0.524. The van der Waals surface area contributed by atoms with Crippen molar-refractivity contribution in [1.29, 1.82) is 0 Å². The molecule has 3 aromatic rings. The number of carbonyl (C=O) groups excluding carboxylic acids is 2. The van der Waals surface area contributed by atoms with Gasteiger partial charge in [-0.3, -0.25) is 13.9 Å². The highest BCUT2D eigenvalue weighted by Crippen LogP contribution is 2.24. The number of hydrogen-bond acceptors (Lipinski definition) is 4. The number of amides is 2. The standard InChI is InChI=1S/C29H35N3O4S/c1-23(28(34)30-29(2,3)4)31(21-20-24-14-8-5-9-15-24)27(33)22-32(25-16-10-6-11-17-25)37(35,36)26-18-12-7-13-19-26/h5-19,23H,20-22H2,1-4H3,(H,30,34)/t23-/m0/s1. The minimum absolute atomic E-state index is 0.0843. The summed E-state index contributed by atoms with van der Waals surface area (Å²) in [7, 11) is -4.04. The molecule has 0 saturated carbocycles. The maximum Gasteiger partial charge on any atom is 0.264 e. The lowest BCUT2D eigenvalue weighted by Gasteiger charge is -2.33. The second-order valence-corrected chi connectivity index (χ2v) is 11.8. The number of para-hydroxylation sites is 1. The van der Waals surface area contributed by atoms with Gasteiger partial charge >= 0.3 is 0 Å². The van der Waals surface area contributed by atoms with Crippen LogP contribution in [0, 0.1) is 0 Å². The third-order valence-electron chi connectivity index (χ3n) is 5.80. The van der Waals surface area contributed by atoms with Crippen LogP contribution in [0.3, 0.4) is 0 Å². The Morgan fingerprint density at radius 3 is 1.89 bits per heavy atom. The SMILES string of the molecule is C[C@@H](C(=O)NC(C)(C)C)N(CCc1ccccc1)C(=O)CN(c1ccccc1)S(=O)(=O)c1ccccc1. The van der Waals surface area contributed by atoms with Gasteiger partial charge in [0.1, 0.15) is 12.6 Å². The Labute approximate surface area is 220 Å². The average Bonchev–Trinajstić information content (AvgIpc) is 2.87. The lowest BCUT2D eigenvalue weighted by atomic mass is 10.1. The van der Waals surface area contributed by atoms with E-state index in [9.17, 15) is 18.0 Å². The van der Waals surface area contributed by atoms with E-state index in [0.29, 0.717) is 12.1 Å². The van der Waals surface area contributed by atoms with E-state index in [4.69, 9.17) is 0 Å². The highest BCUT2D eigenvalue weighted by atomic mass is 32.2. The zero-order valence-corrected chi connectivity index (χ0v) is 22.6. The molecule has 0 aliphatic heterocycles. The van der Waals surface area contributed by atoms with E-state index < -0.39 is 34.1 Å². The zero-order valence-electron chi connectivity index (χ0n) is 21.8. The van der Waals surface area contributed by atoms with Crippen molar-refractivity contribution in [2.75, 3.05) is 17.4 Å². The lowest BCUT2D eigenvalue weighted by Crippen LogP contribution is -2.55. The van der Waals surface area contributed by atoms with Gasteiger partial charge in [0.25, 0.3) is 10.0 Å². The van der Waals surface area contributed by atoms with Gasteiger partial charge in [0.05, 0.1) is 10.6 Å². The molecule has 1 atom stereocenters. The molecule has 1 N–H and O–H groups in total. The summed E-state index contributed by atoms with van der Waals surface area (Å²) in [5, 5.41) is 2.93. The van der Waals surface area contributed by atoms with Gasteiger partial charge in [-0.25, -0.2) is 8.42 Å². The van der Waals surface area contributed by atoms with Crippen LogP contribution >= 0.6 is 0 Å². The second kappa shape index (κ2) is 12.1. The quantitative estimate of drug-likeness (QED) is 0.432. The van der Waals surface area contributed by atoms with Gasteiger partial charge in [-0.2, -0.15) is 0 Å². The van der Waals surface area contributed by atoms with Crippen molar-refractivity contribution >= 4 is 27.5 Å². The third-order valence-corrected chi connectivity index (χ3v) is 7.59. The minimum atomic E-state index is -4.04. The van der Waals surface area contributed by atoms with Crippen molar-refractivity contribution in [3.05, 3.63) is 96.6 Å². The van der Waals surface area contributed by atoms with E-state index in [2.05, 4.69) is 5.32 Å². The molecule has 37 heavy (non-hydrogen) atoms. The molecule has 0 bridgehead atoms. The first-order chi connectivity index (χ1) is 17.5. The van der Waals surface area contributed by atoms with E-state index in [-0.39, 0.29) is 17.3 Å². The zero-order chi connectivity index (χ0) is 27.1. The number of nitrogens with one attached hydrogen (secondary N) is 1. The molecule has 0 aliphatic rings. The monoisotopic (exact) mass is 521 g/mol. The first-order valence-electron chi connectivity index (χ1n) is 12.3. The van der Waals surface area contributed by atoms with Crippen LogP contribution in [0.25, 0.3) is 0 Å². The lowest BCUT2D eigenvalue weighted by molar-refractivity contribution is -0.139. The summed E-state index contributed by atoms with van der Waals surface area (Å²) >= 11 is 0. The van der Waals surface area contributed by atoms with E-state index in [0.717, 1.165) is 9.87 Å². The summed E-state index contributed by atoms with van der Waals surface area (Å²) in [6, 6.07) is 25.4. The first kappa shape index (κ1) is 27.9. The van der Waals surface area contributed by atoms with Crippen LogP contribution in [-0.2, 0) is 26.0 Å². The minimum Gasteiger partial charge on any atom is -0.350 e. The topological polar surface area (TPSA) is 86.8 Å². The maximum atomic E-state index is 13.8. The summed E-state index contributed by atoms with van der Waals surface area (Å²) in [6.45, 7) is 7.10. The van der Waals surface area contributed by atoms with Gasteiger partial charge in [0.15, 0.2) is 0 Å². The molecule has 196 valence electrons. The molecular weight excluding hydrogens is 486 g/mol. The number of sulfonamides is 1. The van der Waals surface area contributed by atoms with Crippen molar-refractivity contribution in [1.82, 2.24) is 10.2 Å². The molecule has 0 unspecified atom stereocenters. The summed E-state index contributed by atoms with van der Waals surface area (Å²) in [5.74, 6) is -0.762. The summed E-state index contributed by atoms with van der Waals surface area (Å²) in [5.41, 5.74) is 0.904. The van der Waals surface area contributed by atoms with Crippen molar-refractivity contribution in [3.63, 3.8) is 0 Å². The Hall–Kier alpha value is -3.65. The van der Waals surface area contributed by atoms with Crippen molar-refractivity contribution in [2.45, 2.75) is 50.6 Å². The summed E-state index contributed by atoms with van der Waals surface area (Å²) < 4.78 is 28.4. The van der Waals surface area contributed by atoms with Gasteiger partial charge in [-0.15, -0.1) is 0 Å². The van der Waals surface area contributed by atoms with E-state index in [1.807, 2.05) is 51.1 Å². The third kappa shape index (κ3) is 7.67. The Balaban J connectivity index is 1.94. The predicted octanol–water partition coefficient (Wildman–Crippen LogP) is 4.26. The number of anilines is 1. The molecule has 0 fully saturated rings. The maximum absolute atomic E-state index is 13.8. The molecule has 0 spiro atoms. The highest BCUT2D eigenvalue weighted by Gasteiger charge is 2.33. The molecule has 0 radical (unpaired) electrons. The molecule has 2 amide bonds. The normalized spacial score (nSPS) is 12.4. The van der Waals surface area contributed by atoms with Crippen molar-refractivity contribution in [3.8, 4) is 0 Å². The number of benzene rings is 3. The van der Waals surface area contributed by atoms with Gasteiger partial charge in [-0.05, 0) is 63.9 Å². The Kier molecular flexibility index (Phi) is 9.10. The fourth-order valence-corrected chi connectivity index (χ4v) is 5.32. The first-order valence-corrected chi connectivity index (χ1v) is 13.7. The predicted molar refractivity (Wildman–Crippen MR) is 147 cm³/mol. The Morgan fingerprint density at radius 1 is 0.838 bits per heavy atom. The smallest absolute Gasteiger partial charge is 0.264 e. The molecular formula is C29H35N3O4S. The average molecular weight is 522 g/mol. The Bertz CT molecular complexity index is 1270.